The van der Waals surface area contributed by atoms with E-state index in [0.717, 1.165) is 18.7 Å². The van der Waals surface area contributed by atoms with Crippen LogP contribution in [0, 0.1) is 5.82 Å². The predicted octanol–water partition coefficient (Wildman–Crippen LogP) is 3.78. The lowest BCUT2D eigenvalue weighted by Crippen LogP contribution is -2.11. The van der Waals surface area contributed by atoms with Crippen molar-refractivity contribution in [1.82, 2.24) is 15.0 Å². The second-order valence-electron chi connectivity index (χ2n) is 6.04. The van der Waals surface area contributed by atoms with Crippen molar-refractivity contribution in [3.8, 4) is 5.75 Å². The number of nitrogen functional groups attached to an aromatic ring is 1. The van der Waals surface area contributed by atoms with Crippen molar-refractivity contribution < 1.29 is 9.13 Å². The Morgan fingerprint density at radius 2 is 1.88 bits per heavy atom. The average Bonchev–Trinajstić information content (AvgIpc) is 2.84. The molecule has 1 aliphatic carbocycles. The van der Waals surface area contributed by atoms with Gasteiger partial charge in [0.25, 0.3) is 0 Å². The number of anilines is 3. The van der Waals surface area contributed by atoms with Gasteiger partial charge in [-0.05, 0) is 25.0 Å². The first-order valence-corrected chi connectivity index (χ1v) is 8.27. The number of hydrogen-bond acceptors (Lipinski definition) is 6. The summed E-state index contributed by atoms with van der Waals surface area (Å²) in [5, 5.41) is 2.99. The molecule has 1 aliphatic rings. The van der Waals surface area contributed by atoms with E-state index in [1.807, 2.05) is 0 Å². The summed E-state index contributed by atoms with van der Waals surface area (Å²) in [7, 11) is 1.43. The minimum absolute atomic E-state index is 0.181. The SMILES string of the molecule is COc1ccc(Nc2nc(N)nc(C3CCCCCC3)n2)cc1F. The zero-order valence-electron chi connectivity index (χ0n) is 13.8. The summed E-state index contributed by atoms with van der Waals surface area (Å²) in [5.74, 6) is 1.29. The fraction of sp³-hybridized carbons (Fsp3) is 0.471. The van der Waals surface area contributed by atoms with Gasteiger partial charge in [-0.2, -0.15) is 15.0 Å². The Morgan fingerprint density at radius 3 is 2.54 bits per heavy atom. The summed E-state index contributed by atoms with van der Waals surface area (Å²) < 4.78 is 18.7. The largest absolute Gasteiger partial charge is 0.494 e. The smallest absolute Gasteiger partial charge is 0.232 e. The fourth-order valence-corrected chi connectivity index (χ4v) is 3.06. The van der Waals surface area contributed by atoms with E-state index >= 15 is 0 Å². The summed E-state index contributed by atoms with van der Waals surface area (Å²) in [5.41, 5.74) is 6.37. The first kappa shape index (κ1) is 16.4. The van der Waals surface area contributed by atoms with Crippen LogP contribution in [0.25, 0.3) is 0 Å². The molecule has 2 aromatic rings. The van der Waals surface area contributed by atoms with Crippen LogP contribution in [0.4, 0.5) is 22.0 Å². The van der Waals surface area contributed by atoms with Gasteiger partial charge in [-0.3, -0.25) is 0 Å². The molecule has 0 bridgehead atoms. The Hall–Kier alpha value is -2.44. The molecule has 128 valence electrons. The van der Waals surface area contributed by atoms with Gasteiger partial charge in [0.2, 0.25) is 11.9 Å². The second-order valence-corrected chi connectivity index (χ2v) is 6.04. The third-order valence-corrected chi connectivity index (χ3v) is 4.30. The van der Waals surface area contributed by atoms with E-state index in [1.165, 1.54) is 38.9 Å². The normalized spacial score (nSPS) is 15.8. The van der Waals surface area contributed by atoms with E-state index in [2.05, 4.69) is 20.3 Å². The molecular weight excluding hydrogens is 309 g/mol. The molecule has 0 amide bonds. The highest BCUT2D eigenvalue weighted by molar-refractivity contribution is 5.55. The molecule has 0 aliphatic heterocycles. The van der Waals surface area contributed by atoms with Crippen LogP contribution >= 0.6 is 0 Å². The molecule has 7 heteroatoms. The van der Waals surface area contributed by atoms with Crippen molar-refractivity contribution >= 4 is 17.6 Å². The lowest BCUT2D eigenvalue weighted by Gasteiger charge is -2.14. The molecule has 3 N–H and O–H groups in total. The maximum atomic E-state index is 13.8. The van der Waals surface area contributed by atoms with Crippen LogP contribution in [0.5, 0.6) is 5.75 Å². The Morgan fingerprint density at radius 1 is 1.12 bits per heavy atom. The third kappa shape index (κ3) is 3.90. The summed E-state index contributed by atoms with van der Waals surface area (Å²) in [4.78, 5) is 12.9. The van der Waals surface area contributed by atoms with Crippen molar-refractivity contribution in [3.63, 3.8) is 0 Å². The number of nitrogens with two attached hydrogens (primary N) is 1. The third-order valence-electron chi connectivity index (χ3n) is 4.30. The molecule has 0 radical (unpaired) electrons. The van der Waals surface area contributed by atoms with Gasteiger partial charge in [-0.1, -0.05) is 25.7 Å². The van der Waals surface area contributed by atoms with E-state index in [-0.39, 0.29) is 11.7 Å². The van der Waals surface area contributed by atoms with Crippen molar-refractivity contribution in [1.29, 1.82) is 0 Å². The Bertz CT molecular complexity index is 701. The number of nitrogens with zero attached hydrogens (tertiary/aromatic N) is 3. The van der Waals surface area contributed by atoms with Crippen LogP contribution < -0.4 is 15.8 Å². The Balaban J connectivity index is 1.81. The van der Waals surface area contributed by atoms with Gasteiger partial charge in [0.05, 0.1) is 7.11 Å². The zero-order chi connectivity index (χ0) is 16.9. The fourth-order valence-electron chi connectivity index (χ4n) is 3.06. The monoisotopic (exact) mass is 331 g/mol. The minimum Gasteiger partial charge on any atom is -0.494 e. The zero-order valence-corrected chi connectivity index (χ0v) is 13.8. The van der Waals surface area contributed by atoms with E-state index < -0.39 is 5.82 Å². The van der Waals surface area contributed by atoms with Crippen LogP contribution in [0.3, 0.4) is 0 Å². The topological polar surface area (TPSA) is 86.0 Å². The molecule has 0 saturated heterocycles. The molecule has 1 fully saturated rings. The molecule has 1 heterocycles. The molecule has 0 unspecified atom stereocenters. The van der Waals surface area contributed by atoms with Gasteiger partial charge < -0.3 is 15.8 Å². The standard InChI is InChI=1S/C17H22FN5O/c1-24-14-9-8-12(10-13(14)18)20-17-22-15(21-16(19)23-17)11-6-4-2-3-5-7-11/h8-11H,2-7H2,1H3,(H3,19,20,21,22,23). The van der Waals surface area contributed by atoms with Crippen molar-refractivity contribution in [2.45, 2.75) is 44.4 Å². The molecule has 0 spiro atoms. The molecule has 6 nitrogen and oxygen atoms in total. The lowest BCUT2D eigenvalue weighted by atomic mass is 10.00. The van der Waals surface area contributed by atoms with E-state index in [1.54, 1.807) is 12.1 Å². The second kappa shape index (κ2) is 7.42. The van der Waals surface area contributed by atoms with Crippen molar-refractivity contribution in [3.05, 3.63) is 29.8 Å². The highest BCUT2D eigenvalue weighted by atomic mass is 19.1. The minimum atomic E-state index is -0.450. The quantitative estimate of drug-likeness (QED) is 0.829. The predicted molar refractivity (Wildman–Crippen MR) is 90.9 cm³/mol. The Kier molecular flexibility index (Phi) is 5.08. The van der Waals surface area contributed by atoms with Gasteiger partial charge >= 0.3 is 0 Å². The molecule has 1 aromatic carbocycles. The molecular formula is C17H22FN5O. The van der Waals surface area contributed by atoms with Gasteiger partial charge in [-0.25, -0.2) is 4.39 Å². The molecule has 3 rings (SSSR count). The number of methoxy groups -OCH3 is 1. The van der Waals surface area contributed by atoms with E-state index in [4.69, 9.17) is 10.5 Å². The maximum absolute atomic E-state index is 13.8. The summed E-state index contributed by atoms with van der Waals surface area (Å²) in [6.07, 6.45) is 7.02. The molecule has 1 saturated carbocycles. The number of benzene rings is 1. The van der Waals surface area contributed by atoms with Gasteiger partial charge in [-0.15, -0.1) is 0 Å². The highest BCUT2D eigenvalue weighted by Crippen LogP contribution is 2.30. The first-order chi connectivity index (χ1) is 11.7. The number of ether oxygens (including phenoxy) is 1. The number of halogens is 1. The molecule has 24 heavy (non-hydrogen) atoms. The summed E-state index contributed by atoms with van der Waals surface area (Å²) in [6.45, 7) is 0. The number of hydrogen-bond donors (Lipinski definition) is 2. The van der Waals surface area contributed by atoms with Crippen molar-refractivity contribution in [2.24, 2.45) is 0 Å². The van der Waals surface area contributed by atoms with E-state index in [9.17, 15) is 4.39 Å². The van der Waals surface area contributed by atoms with Gasteiger partial charge in [0, 0.05) is 17.7 Å². The average molecular weight is 331 g/mol. The summed E-state index contributed by atoms with van der Waals surface area (Å²) in [6, 6.07) is 4.59. The molecule has 1 aromatic heterocycles. The van der Waals surface area contributed by atoms with Crippen LogP contribution in [0.1, 0.15) is 50.3 Å². The van der Waals surface area contributed by atoms with Gasteiger partial charge in [0.15, 0.2) is 11.6 Å². The van der Waals surface area contributed by atoms with Crippen LogP contribution in [0.2, 0.25) is 0 Å². The number of aromatic nitrogens is 3. The van der Waals surface area contributed by atoms with Crippen LogP contribution in [-0.4, -0.2) is 22.1 Å². The number of nitrogens with one attached hydrogen (secondary N) is 1. The summed E-state index contributed by atoms with van der Waals surface area (Å²) >= 11 is 0. The number of rotatable bonds is 4. The maximum Gasteiger partial charge on any atom is 0.232 e. The highest BCUT2D eigenvalue weighted by Gasteiger charge is 2.19. The van der Waals surface area contributed by atoms with Crippen molar-refractivity contribution in [2.75, 3.05) is 18.2 Å². The molecule has 0 atom stereocenters. The lowest BCUT2D eigenvalue weighted by molar-refractivity contribution is 0.386. The van der Waals surface area contributed by atoms with Crippen LogP contribution in [0.15, 0.2) is 18.2 Å². The Labute approximate surface area is 140 Å². The first-order valence-electron chi connectivity index (χ1n) is 8.27. The van der Waals surface area contributed by atoms with Crippen LogP contribution in [-0.2, 0) is 0 Å². The van der Waals surface area contributed by atoms with E-state index in [0.29, 0.717) is 17.6 Å². The van der Waals surface area contributed by atoms with Gasteiger partial charge in [0.1, 0.15) is 5.82 Å².